The Bertz CT molecular complexity index is 1940. The summed E-state index contributed by atoms with van der Waals surface area (Å²) in [5.74, 6) is -8.11. The summed E-state index contributed by atoms with van der Waals surface area (Å²) in [6.45, 7) is 15.9. The molecule has 390 valence electrons. The van der Waals surface area contributed by atoms with Gasteiger partial charge < -0.3 is 43.3 Å². The Morgan fingerprint density at radius 1 is 0.855 bits per heavy atom. The van der Waals surface area contributed by atoms with Crippen molar-refractivity contribution in [3.05, 3.63) is 47.6 Å². The third kappa shape index (κ3) is 16.2. The van der Waals surface area contributed by atoms with Gasteiger partial charge in [-0.05, 0) is 107 Å². The second kappa shape index (κ2) is 26.5. The number of carbonyl (C=O) groups excluding carboxylic acids is 5. The summed E-state index contributed by atoms with van der Waals surface area (Å²) in [6, 6.07) is -1.16. The number of piperidine rings is 1. The highest BCUT2D eigenvalue weighted by Crippen LogP contribution is 2.45. The van der Waals surface area contributed by atoms with Crippen LogP contribution in [-0.4, -0.2) is 140 Å². The van der Waals surface area contributed by atoms with Crippen molar-refractivity contribution >= 4 is 36.6 Å². The number of cyclic esters (lactones) is 1. The van der Waals surface area contributed by atoms with E-state index >= 15 is 0 Å². The number of hydrogen-bond acceptors (Lipinski definition) is 14. The highest BCUT2D eigenvalue weighted by molar-refractivity contribution is 7.57. The van der Waals surface area contributed by atoms with Crippen molar-refractivity contribution in [1.82, 2.24) is 4.90 Å². The molecular formula is C53H84NO14P. The molecule has 16 heteroatoms. The smallest absolute Gasteiger partial charge is 0.329 e. The van der Waals surface area contributed by atoms with E-state index in [1.54, 1.807) is 54.4 Å². The molecule has 15 atom stereocenters. The zero-order chi connectivity index (χ0) is 51.4. The van der Waals surface area contributed by atoms with Crippen LogP contribution in [-0.2, 0) is 56.7 Å². The summed E-state index contributed by atoms with van der Waals surface area (Å²) in [6.07, 6.45) is 11.4. The van der Waals surface area contributed by atoms with E-state index in [-0.39, 0.29) is 60.9 Å². The summed E-state index contributed by atoms with van der Waals surface area (Å²) >= 11 is 0. The van der Waals surface area contributed by atoms with Gasteiger partial charge in [-0.15, -0.1) is 0 Å². The van der Waals surface area contributed by atoms with Gasteiger partial charge in [-0.25, -0.2) is 4.79 Å². The lowest BCUT2D eigenvalue weighted by atomic mass is 9.78. The zero-order valence-electron chi connectivity index (χ0n) is 43.4. The normalized spacial score (nSPS) is 37.8. The van der Waals surface area contributed by atoms with E-state index in [9.17, 15) is 38.8 Å². The van der Waals surface area contributed by atoms with E-state index in [2.05, 4.69) is 0 Å². The average Bonchev–Trinajstić information content (AvgIpc) is 3.30. The summed E-state index contributed by atoms with van der Waals surface area (Å²) in [5, 5.41) is 23.5. The first-order chi connectivity index (χ1) is 32.4. The number of hydrogen-bond donors (Lipinski definition) is 2. The van der Waals surface area contributed by atoms with Gasteiger partial charge in [-0.3, -0.25) is 23.7 Å². The van der Waals surface area contributed by atoms with Gasteiger partial charge in [0.2, 0.25) is 5.79 Å². The van der Waals surface area contributed by atoms with Gasteiger partial charge in [0.1, 0.15) is 30.1 Å². The van der Waals surface area contributed by atoms with Crippen molar-refractivity contribution < 1.29 is 67.0 Å². The minimum Gasteiger partial charge on any atom is -0.460 e. The van der Waals surface area contributed by atoms with Crippen LogP contribution in [0.3, 0.4) is 0 Å². The number of nitrogens with zero attached hydrogens (tertiary/aromatic N) is 1. The van der Waals surface area contributed by atoms with E-state index in [1.165, 1.54) is 12.0 Å². The Hall–Kier alpha value is -3.14. The minimum atomic E-state index is -2.79. The Labute approximate surface area is 411 Å². The molecule has 3 heterocycles. The van der Waals surface area contributed by atoms with Gasteiger partial charge in [0.15, 0.2) is 13.2 Å². The molecule has 4 rings (SSSR count). The molecule has 15 nitrogen and oxygen atoms in total. The fourth-order valence-electron chi connectivity index (χ4n) is 10.5. The van der Waals surface area contributed by atoms with Crippen LogP contribution in [0, 0.1) is 35.5 Å². The van der Waals surface area contributed by atoms with Gasteiger partial charge in [-0.1, -0.05) is 71.1 Å². The molecule has 0 radical (unpaired) electrons. The first-order valence-electron chi connectivity index (χ1n) is 25.2. The molecule has 0 aromatic heterocycles. The van der Waals surface area contributed by atoms with Gasteiger partial charge in [0.25, 0.3) is 11.7 Å². The molecule has 0 aromatic rings. The van der Waals surface area contributed by atoms with Crippen LogP contribution in [0.4, 0.5) is 0 Å². The molecule has 1 saturated carbocycles. The molecular weight excluding hydrogens is 906 g/mol. The molecule has 4 aliphatic rings. The van der Waals surface area contributed by atoms with Gasteiger partial charge in [0, 0.05) is 71.8 Å². The van der Waals surface area contributed by atoms with E-state index in [0.29, 0.717) is 63.4 Å². The van der Waals surface area contributed by atoms with Crippen LogP contribution in [0.25, 0.3) is 0 Å². The average molecular weight is 990 g/mol. The van der Waals surface area contributed by atoms with E-state index in [1.807, 2.05) is 58.1 Å². The highest BCUT2D eigenvalue weighted by Gasteiger charge is 2.53. The quantitative estimate of drug-likeness (QED) is 0.104. The van der Waals surface area contributed by atoms with Crippen LogP contribution < -0.4 is 0 Å². The van der Waals surface area contributed by atoms with Crippen LogP contribution in [0.1, 0.15) is 126 Å². The lowest BCUT2D eigenvalue weighted by molar-refractivity contribution is -0.265. The Kier molecular flexibility index (Phi) is 22.5. The van der Waals surface area contributed by atoms with Crippen LogP contribution in [0.2, 0.25) is 0 Å². The number of amides is 1. The molecule has 2 bridgehead atoms. The third-order valence-electron chi connectivity index (χ3n) is 14.8. The minimum absolute atomic E-state index is 0.0117. The maximum atomic E-state index is 14.5. The summed E-state index contributed by atoms with van der Waals surface area (Å²) < 4.78 is 48.2. The van der Waals surface area contributed by atoms with E-state index in [0.717, 1.165) is 12.0 Å². The molecule has 2 saturated heterocycles. The molecule has 0 aromatic carbocycles. The van der Waals surface area contributed by atoms with E-state index in [4.69, 9.17) is 28.2 Å². The number of ether oxygens (including phenoxy) is 5. The second-order valence-corrected chi connectivity index (χ2v) is 23.6. The Morgan fingerprint density at radius 2 is 1.57 bits per heavy atom. The van der Waals surface area contributed by atoms with Crippen molar-refractivity contribution in [3.8, 4) is 0 Å². The monoisotopic (exact) mass is 990 g/mol. The Balaban J connectivity index is 1.70. The third-order valence-corrected chi connectivity index (χ3v) is 15.6. The largest absolute Gasteiger partial charge is 0.460 e. The van der Waals surface area contributed by atoms with Gasteiger partial charge in [0.05, 0.1) is 24.4 Å². The number of Topliss-reactive ketones (excluding diaryl/α,β-unsaturated/α-hetero) is 3. The van der Waals surface area contributed by atoms with Gasteiger partial charge >= 0.3 is 5.97 Å². The standard InChI is InChI=1S/C53H84NO14P/c1-32-18-14-13-15-19-33(2)44(63-8)30-40-23-21-38(7)53(61,67-40)50(58)51(59)54-25-17-16-20-41(54)52(60)66-45(35(4)28-39-22-24-43(46(29-39)64-9)68-69(11,12)62)31-42(55)34(3)27-37(6)48(57)49(65-10)47(56)36(5)26-32/h13-15,18-19,27,32,34-36,38-41,43-46,48-49,57,61H,16-17,20-26,28-31H2,1-12H3/b15-13?,18-14+,33-19?,37-27+/t32-,34-,35-,36-,38-,39?,40+,41?,43-,44+,45?,46-,48-,49+,53?/m1/s1. The SMILES string of the molecule is CO[C@H]1C[C@@H]2CC[C@@H](C)C(O)(O2)C(=O)C(=O)N2CCCCC2C(=O)OC([C@H](C)CC2CC[C@@H](OP(C)(C)=O)[C@H](OC)C2)CC(=O)[C@H](C)/C=C(\C)[C@@H](O)[C@@H](OC)C(=O)[C@H](C)C[C@H](C)/C=C/C=CC=C1C. The summed E-state index contributed by atoms with van der Waals surface area (Å²) in [5.41, 5.74) is 1.25. The zero-order valence-corrected chi connectivity index (χ0v) is 44.3. The number of methoxy groups -OCH3 is 3. The first kappa shape index (κ1) is 58.4. The maximum Gasteiger partial charge on any atom is 0.329 e. The summed E-state index contributed by atoms with van der Waals surface area (Å²) in [4.78, 5) is 72.2. The van der Waals surface area contributed by atoms with Crippen LogP contribution in [0.5, 0.6) is 0 Å². The highest BCUT2D eigenvalue weighted by atomic mass is 31.2. The van der Waals surface area contributed by atoms with Crippen molar-refractivity contribution in [3.63, 3.8) is 0 Å². The number of ketones is 3. The number of aliphatic hydroxyl groups excluding tert-OH is 1. The number of carbonyl (C=O) groups is 5. The van der Waals surface area contributed by atoms with Crippen molar-refractivity contribution in [2.45, 2.75) is 180 Å². The molecule has 0 spiro atoms. The fourth-order valence-corrected chi connectivity index (χ4v) is 11.4. The molecule has 3 fully saturated rings. The lowest BCUT2D eigenvalue weighted by Gasteiger charge is -2.42. The summed E-state index contributed by atoms with van der Waals surface area (Å²) in [7, 11) is 1.76. The lowest BCUT2D eigenvalue weighted by Crippen LogP contribution is -2.61. The predicted molar refractivity (Wildman–Crippen MR) is 263 cm³/mol. The molecule has 2 N–H and O–H groups in total. The number of rotatable bonds is 8. The molecule has 4 unspecified atom stereocenters. The Morgan fingerprint density at radius 3 is 2.22 bits per heavy atom. The molecule has 1 aliphatic carbocycles. The number of allylic oxidation sites excluding steroid dienone is 6. The van der Waals surface area contributed by atoms with Crippen molar-refractivity contribution in [1.29, 1.82) is 0 Å². The topological polar surface area (TPSA) is 201 Å². The molecule has 3 aliphatic heterocycles. The second-order valence-electron chi connectivity index (χ2n) is 20.9. The van der Waals surface area contributed by atoms with E-state index < -0.39 is 85.1 Å². The van der Waals surface area contributed by atoms with Crippen molar-refractivity contribution in [2.75, 3.05) is 41.2 Å². The van der Waals surface area contributed by atoms with Crippen LogP contribution in [0.15, 0.2) is 47.6 Å². The molecule has 1 amide bonds. The fraction of sp³-hybridized carbons (Fsp3) is 0.755. The predicted octanol–water partition coefficient (Wildman–Crippen LogP) is 7.74. The molecule has 69 heavy (non-hydrogen) atoms. The first-order valence-corrected chi connectivity index (χ1v) is 27.7. The van der Waals surface area contributed by atoms with Crippen LogP contribution >= 0.6 is 7.37 Å². The van der Waals surface area contributed by atoms with Gasteiger partial charge in [-0.2, -0.15) is 0 Å². The van der Waals surface area contributed by atoms with Crippen molar-refractivity contribution in [2.24, 2.45) is 35.5 Å². The maximum absolute atomic E-state index is 14.5. The number of esters is 1. The number of aliphatic hydroxyl groups is 2. The number of fused-ring (bicyclic) bond motifs is 3.